The van der Waals surface area contributed by atoms with Crippen LogP contribution < -0.4 is 15.4 Å². The van der Waals surface area contributed by atoms with Gasteiger partial charge < -0.3 is 10.5 Å². The summed E-state index contributed by atoms with van der Waals surface area (Å²) in [6.07, 6.45) is 0.901. The molecule has 0 aliphatic heterocycles. The van der Waals surface area contributed by atoms with E-state index < -0.39 is 6.03 Å². The van der Waals surface area contributed by atoms with Gasteiger partial charge in [-0.25, -0.2) is 4.79 Å². The van der Waals surface area contributed by atoms with Crippen LogP contribution >= 0.6 is 0 Å². The van der Waals surface area contributed by atoms with Gasteiger partial charge in [0.1, 0.15) is 5.75 Å². The lowest BCUT2D eigenvalue weighted by atomic mass is 10.1. The summed E-state index contributed by atoms with van der Waals surface area (Å²) >= 11 is 0. The lowest BCUT2D eigenvalue weighted by molar-refractivity contribution is 0.256. The summed E-state index contributed by atoms with van der Waals surface area (Å²) in [6.45, 7) is 2.07. The molecule has 2 rings (SSSR count). The number of methoxy groups -OCH3 is 1. The van der Waals surface area contributed by atoms with Gasteiger partial charge in [0.2, 0.25) is 0 Å². The van der Waals surface area contributed by atoms with Gasteiger partial charge in [-0.2, -0.15) is 0 Å². The molecule has 0 aromatic heterocycles. The number of nitrogens with zero attached hydrogens (tertiary/aromatic N) is 1. The second kappa shape index (κ2) is 6.10. The van der Waals surface area contributed by atoms with Crippen molar-refractivity contribution in [2.24, 2.45) is 5.73 Å². The van der Waals surface area contributed by atoms with Gasteiger partial charge >= 0.3 is 6.03 Å². The van der Waals surface area contributed by atoms with E-state index in [0.717, 1.165) is 12.0 Å². The number of amides is 2. The Morgan fingerprint density at radius 2 is 1.90 bits per heavy atom. The largest absolute Gasteiger partial charge is 0.495 e. The van der Waals surface area contributed by atoms with Gasteiger partial charge in [0.05, 0.1) is 18.5 Å². The number of para-hydroxylation sites is 1. The lowest BCUT2D eigenvalue weighted by Gasteiger charge is -2.23. The van der Waals surface area contributed by atoms with Crippen molar-refractivity contribution in [3.63, 3.8) is 0 Å². The average molecular weight is 270 g/mol. The number of nitrogens with two attached hydrogens (primary N) is 1. The Labute approximate surface area is 118 Å². The second-order valence-electron chi connectivity index (χ2n) is 4.37. The number of anilines is 2. The lowest BCUT2D eigenvalue weighted by Crippen LogP contribution is -2.31. The Balaban J connectivity index is 2.53. The molecule has 2 aromatic carbocycles. The van der Waals surface area contributed by atoms with Gasteiger partial charge in [-0.05, 0) is 36.2 Å². The van der Waals surface area contributed by atoms with Gasteiger partial charge in [-0.1, -0.05) is 31.2 Å². The molecule has 104 valence electrons. The summed E-state index contributed by atoms with van der Waals surface area (Å²) in [7, 11) is 1.59. The van der Waals surface area contributed by atoms with Gasteiger partial charge in [0.15, 0.2) is 0 Å². The number of carbonyl (C=O) groups is 1. The van der Waals surface area contributed by atoms with E-state index in [1.807, 2.05) is 48.5 Å². The highest BCUT2D eigenvalue weighted by Crippen LogP contribution is 2.34. The highest BCUT2D eigenvalue weighted by Gasteiger charge is 2.19. The van der Waals surface area contributed by atoms with Crippen molar-refractivity contribution in [3.05, 3.63) is 54.1 Å². The first-order chi connectivity index (χ1) is 9.67. The molecule has 0 saturated carbocycles. The maximum atomic E-state index is 11.8. The predicted octanol–water partition coefficient (Wildman–Crippen LogP) is 3.47. The predicted molar refractivity (Wildman–Crippen MR) is 80.5 cm³/mol. The first-order valence-corrected chi connectivity index (χ1v) is 6.49. The minimum Gasteiger partial charge on any atom is -0.495 e. The molecule has 0 aliphatic rings. The highest BCUT2D eigenvalue weighted by molar-refractivity contribution is 5.99. The number of urea groups is 1. The third kappa shape index (κ3) is 2.74. The summed E-state index contributed by atoms with van der Waals surface area (Å²) in [5.74, 6) is 0.631. The van der Waals surface area contributed by atoms with Crippen LogP contribution in [0, 0.1) is 0 Å². The van der Waals surface area contributed by atoms with Crippen molar-refractivity contribution >= 4 is 17.4 Å². The first-order valence-electron chi connectivity index (χ1n) is 6.49. The van der Waals surface area contributed by atoms with Crippen LogP contribution in [0.15, 0.2) is 48.5 Å². The molecule has 0 unspecified atom stereocenters. The van der Waals surface area contributed by atoms with E-state index in [9.17, 15) is 4.79 Å². The molecule has 0 saturated heterocycles. The normalized spacial score (nSPS) is 10.1. The maximum absolute atomic E-state index is 11.8. The van der Waals surface area contributed by atoms with E-state index in [0.29, 0.717) is 17.1 Å². The van der Waals surface area contributed by atoms with Crippen LogP contribution in [-0.2, 0) is 6.42 Å². The zero-order valence-electron chi connectivity index (χ0n) is 11.7. The number of aryl methyl sites for hydroxylation is 1. The maximum Gasteiger partial charge on any atom is 0.324 e. The number of carbonyl (C=O) groups excluding carboxylic acids is 1. The number of ether oxygens (including phenoxy) is 1. The molecule has 0 radical (unpaired) electrons. The van der Waals surface area contributed by atoms with Crippen molar-refractivity contribution < 1.29 is 9.53 Å². The van der Waals surface area contributed by atoms with E-state index in [1.54, 1.807) is 7.11 Å². The van der Waals surface area contributed by atoms with Crippen molar-refractivity contribution in [2.45, 2.75) is 13.3 Å². The summed E-state index contributed by atoms with van der Waals surface area (Å²) in [5, 5.41) is 0. The van der Waals surface area contributed by atoms with Crippen LogP contribution in [0.5, 0.6) is 5.75 Å². The molecule has 0 heterocycles. The fourth-order valence-corrected chi connectivity index (χ4v) is 2.09. The Morgan fingerprint density at radius 3 is 2.45 bits per heavy atom. The molecular weight excluding hydrogens is 252 g/mol. The average Bonchev–Trinajstić information content (AvgIpc) is 2.48. The second-order valence-corrected chi connectivity index (χ2v) is 4.37. The van der Waals surface area contributed by atoms with Crippen molar-refractivity contribution in [1.82, 2.24) is 0 Å². The SMILES string of the molecule is CCc1ccc(N(C(N)=O)c2ccccc2)c(OC)c1. The number of benzene rings is 2. The molecule has 0 spiro atoms. The van der Waals surface area contributed by atoms with E-state index in [-0.39, 0.29) is 0 Å². The van der Waals surface area contributed by atoms with Gasteiger partial charge in [-0.3, -0.25) is 4.90 Å². The van der Waals surface area contributed by atoms with Crippen LogP contribution in [0.4, 0.5) is 16.2 Å². The third-order valence-corrected chi connectivity index (χ3v) is 3.13. The van der Waals surface area contributed by atoms with Crippen LogP contribution in [0.25, 0.3) is 0 Å². The van der Waals surface area contributed by atoms with Crippen LogP contribution in [0.3, 0.4) is 0 Å². The topological polar surface area (TPSA) is 55.6 Å². The van der Waals surface area contributed by atoms with Gasteiger partial charge in [0, 0.05) is 0 Å². The molecule has 4 heteroatoms. The Hall–Kier alpha value is -2.49. The zero-order valence-corrected chi connectivity index (χ0v) is 11.7. The van der Waals surface area contributed by atoms with E-state index in [2.05, 4.69) is 6.92 Å². The minimum absolute atomic E-state index is 0.543. The first kappa shape index (κ1) is 13.9. The Morgan fingerprint density at radius 1 is 1.20 bits per heavy atom. The summed E-state index contributed by atoms with van der Waals surface area (Å²) < 4.78 is 5.39. The molecule has 0 bridgehead atoms. The fraction of sp³-hybridized carbons (Fsp3) is 0.188. The van der Waals surface area contributed by atoms with Crippen molar-refractivity contribution in [3.8, 4) is 5.75 Å². The van der Waals surface area contributed by atoms with Gasteiger partial charge in [-0.15, -0.1) is 0 Å². The summed E-state index contributed by atoms with van der Waals surface area (Å²) in [6, 6.07) is 14.5. The third-order valence-electron chi connectivity index (χ3n) is 3.13. The molecule has 0 fully saturated rings. The minimum atomic E-state index is -0.543. The summed E-state index contributed by atoms with van der Waals surface area (Å²) in [5.41, 5.74) is 8.02. The van der Waals surface area contributed by atoms with Crippen LogP contribution in [0.1, 0.15) is 12.5 Å². The number of primary amides is 1. The molecule has 2 amide bonds. The Kier molecular flexibility index (Phi) is 4.25. The molecule has 2 aromatic rings. The Bertz CT molecular complexity index is 597. The van der Waals surface area contributed by atoms with Crippen LogP contribution in [0.2, 0.25) is 0 Å². The van der Waals surface area contributed by atoms with Crippen LogP contribution in [-0.4, -0.2) is 13.1 Å². The van der Waals surface area contributed by atoms with E-state index >= 15 is 0 Å². The molecule has 20 heavy (non-hydrogen) atoms. The quantitative estimate of drug-likeness (QED) is 0.924. The molecule has 2 N–H and O–H groups in total. The van der Waals surface area contributed by atoms with Crippen molar-refractivity contribution in [1.29, 1.82) is 0 Å². The monoisotopic (exact) mass is 270 g/mol. The van der Waals surface area contributed by atoms with Gasteiger partial charge in [0.25, 0.3) is 0 Å². The smallest absolute Gasteiger partial charge is 0.324 e. The number of hydrogen-bond acceptors (Lipinski definition) is 2. The van der Waals surface area contributed by atoms with Crippen molar-refractivity contribution in [2.75, 3.05) is 12.0 Å². The fourth-order valence-electron chi connectivity index (χ4n) is 2.09. The zero-order chi connectivity index (χ0) is 14.5. The molecular formula is C16H18N2O2. The molecule has 0 atom stereocenters. The van der Waals surface area contributed by atoms with E-state index in [4.69, 9.17) is 10.5 Å². The number of hydrogen-bond donors (Lipinski definition) is 1. The van der Waals surface area contributed by atoms with E-state index in [1.165, 1.54) is 4.90 Å². The highest BCUT2D eigenvalue weighted by atomic mass is 16.5. The number of rotatable bonds is 4. The molecule has 4 nitrogen and oxygen atoms in total. The standard InChI is InChI=1S/C16H18N2O2/c1-3-12-9-10-14(15(11-12)20-2)18(16(17)19)13-7-5-4-6-8-13/h4-11H,3H2,1-2H3,(H2,17,19). The molecule has 0 aliphatic carbocycles. The summed E-state index contributed by atoms with van der Waals surface area (Å²) in [4.78, 5) is 13.3.